The van der Waals surface area contributed by atoms with E-state index in [1.165, 1.54) is 33.4 Å². The number of aliphatic hydroxyl groups is 1. The topological polar surface area (TPSA) is 61.3 Å². The summed E-state index contributed by atoms with van der Waals surface area (Å²) < 4.78 is 0. The molecule has 0 spiro atoms. The fourth-order valence-corrected chi connectivity index (χ4v) is 4.06. The molecule has 2 aromatic rings. The normalized spacial score (nSPS) is 17.3. The summed E-state index contributed by atoms with van der Waals surface area (Å²) in [6.07, 6.45) is 3.82. The fraction of sp³-hybridized carbons (Fsp3) is 0.545. The Labute approximate surface area is 162 Å². The second kappa shape index (κ2) is 8.26. The van der Waals surface area contributed by atoms with Gasteiger partial charge in [-0.2, -0.15) is 0 Å². The smallest absolute Gasteiger partial charge is 0.134 e. The zero-order valence-corrected chi connectivity index (χ0v) is 17.3. The van der Waals surface area contributed by atoms with E-state index in [2.05, 4.69) is 54.8 Å². The lowest BCUT2D eigenvalue weighted by atomic mass is 9.89. The minimum Gasteiger partial charge on any atom is -0.396 e. The van der Waals surface area contributed by atoms with Crippen molar-refractivity contribution in [3.8, 4) is 0 Å². The lowest BCUT2D eigenvalue weighted by Crippen LogP contribution is -2.37. The number of anilines is 2. The van der Waals surface area contributed by atoms with E-state index >= 15 is 0 Å². The first-order valence-electron chi connectivity index (χ1n) is 9.90. The number of rotatable bonds is 5. The molecule has 1 fully saturated rings. The number of piperidine rings is 1. The number of nitrogens with zero attached hydrogens (tertiary/aromatic N) is 3. The molecule has 1 aliphatic heterocycles. The van der Waals surface area contributed by atoms with Gasteiger partial charge < -0.3 is 15.3 Å². The highest BCUT2D eigenvalue weighted by Gasteiger charge is 2.20. The van der Waals surface area contributed by atoms with Gasteiger partial charge in [0.2, 0.25) is 0 Å². The van der Waals surface area contributed by atoms with E-state index < -0.39 is 0 Å². The van der Waals surface area contributed by atoms with Gasteiger partial charge in [0.05, 0.1) is 0 Å². The van der Waals surface area contributed by atoms with E-state index in [0.29, 0.717) is 5.92 Å². The van der Waals surface area contributed by atoms with Gasteiger partial charge in [-0.3, -0.25) is 0 Å². The van der Waals surface area contributed by atoms with Gasteiger partial charge in [0.15, 0.2) is 0 Å². The van der Waals surface area contributed by atoms with Crippen LogP contribution in [0, 0.1) is 40.5 Å². The van der Waals surface area contributed by atoms with Crippen molar-refractivity contribution in [3.05, 3.63) is 45.8 Å². The molecule has 1 aromatic heterocycles. The van der Waals surface area contributed by atoms with Crippen molar-refractivity contribution in [2.24, 2.45) is 5.92 Å². The Kier molecular flexibility index (Phi) is 6.00. The van der Waals surface area contributed by atoms with Crippen molar-refractivity contribution < 1.29 is 5.11 Å². The first-order valence-corrected chi connectivity index (χ1v) is 9.90. The molecule has 0 radical (unpaired) electrons. The van der Waals surface area contributed by atoms with E-state index in [0.717, 1.165) is 44.1 Å². The molecular formula is C22H32N4O. The van der Waals surface area contributed by atoms with Gasteiger partial charge in [-0.1, -0.05) is 0 Å². The summed E-state index contributed by atoms with van der Waals surface area (Å²) in [7, 11) is 0. The number of benzene rings is 1. The maximum atomic E-state index is 9.47. The zero-order valence-electron chi connectivity index (χ0n) is 17.3. The predicted molar refractivity (Wildman–Crippen MR) is 112 cm³/mol. The van der Waals surface area contributed by atoms with Gasteiger partial charge in [0.25, 0.3) is 0 Å². The molecule has 146 valence electrons. The first kappa shape index (κ1) is 19.6. The van der Waals surface area contributed by atoms with Gasteiger partial charge in [0.1, 0.15) is 18.0 Å². The molecule has 0 amide bonds. The highest BCUT2D eigenvalue weighted by atomic mass is 16.3. The van der Waals surface area contributed by atoms with Crippen LogP contribution in [0.25, 0.3) is 0 Å². The monoisotopic (exact) mass is 368 g/mol. The third-order valence-electron chi connectivity index (χ3n) is 6.36. The van der Waals surface area contributed by atoms with Crippen LogP contribution in [-0.4, -0.2) is 34.8 Å². The van der Waals surface area contributed by atoms with E-state index in [1.807, 2.05) is 6.07 Å². The zero-order chi connectivity index (χ0) is 19.6. The molecule has 1 saturated heterocycles. The van der Waals surface area contributed by atoms with Gasteiger partial charge in [-0.25, -0.2) is 9.97 Å². The average molecular weight is 369 g/mol. The van der Waals surface area contributed by atoms with Crippen molar-refractivity contribution >= 4 is 11.6 Å². The molecule has 5 heteroatoms. The van der Waals surface area contributed by atoms with E-state index in [4.69, 9.17) is 0 Å². The van der Waals surface area contributed by atoms with Crippen molar-refractivity contribution in [3.63, 3.8) is 0 Å². The number of hydrogen-bond donors (Lipinski definition) is 2. The van der Waals surface area contributed by atoms with Gasteiger partial charge in [-0.05, 0) is 86.8 Å². The van der Waals surface area contributed by atoms with Crippen LogP contribution in [0.15, 0.2) is 12.4 Å². The van der Waals surface area contributed by atoms with Crippen LogP contribution in [0.5, 0.6) is 0 Å². The van der Waals surface area contributed by atoms with Crippen molar-refractivity contribution in [1.29, 1.82) is 0 Å². The van der Waals surface area contributed by atoms with E-state index in [-0.39, 0.29) is 6.61 Å². The van der Waals surface area contributed by atoms with Crippen LogP contribution in [-0.2, 0) is 6.54 Å². The SMILES string of the molecule is Cc1c(C)c(C)c(CNc2cc(N3CCCC(CO)C3)ncn2)c(C)c1C. The molecule has 2 N–H and O–H groups in total. The number of nitrogens with one attached hydrogen (secondary N) is 1. The second-order valence-electron chi connectivity index (χ2n) is 7.86. The van der Waals surface area contributed by atoms with Gasteiger partial charge in [0, 0.05) is 32.3 Å². The minimum atomic E-state index is 0.247. The van der Waals surface area contributed by atoms with Crippen LogP contribution in [0.1, 0.15) is 46.2 Å². The molecule has 3 rings (SSSR count). The maximum Gasteiger partial charge on any atom is 0.134 e. The van der Waals surface area contributed by atoms with Crippen molar-refractivity contribution in [2.75, 3.05) is 29.9 Å². The van der Waals surface area contributed by atoms with Crippen LogP contribution in [0.3, 0.4) is 0 Å². The van der Waals surface area contributed by atoms with Crippen LogP contribution < -0.4 is 10.2 Å². The summed E-state index contributed by atoms with van der Waals surface area (Å²) >= 11 is 0. The molecule has 1 unspecified atom stereocenters. The Balaban J connectivity index is 1.76. The molecule has 2 heterocycles. The average Bonchev–Trinajstić information content (AvgIpc) is 2.71. The molecule has 0 aliphatic carbocycles. The number of hydrogen-bond acceptors (Lipinski definition) is 5. The summed E-state index contributed by atoms with van der Waals surface area (Å²) in [5, 5.41) is 13.0. The maximum absolute atomic E-state index is 9.47. The Bertz CT molecular complexity index is 789. The number of aliphatic hydroxyl groups excluding tert-OH is 1. The van der Waals surface area contributed by atoms with Crippen molar-refractivity contribution in [2.45, 2.75) is 54.0 Å². The largest absolute Gasteiger partial charge is 0.396 e. The van der Waals surface area contributed by atoms with Crippen molar-refractivity contribution in [1.82, 2.24) is 9.97 Å². The second-order valence-corrected chi connectivity index (χ2v) is 7.86. The minimum absolute atomic E-state index is 0.247. The standard InChI is InChI=1S/C22H32N4O/c1-14-15(2)17(4)20(18(5)16(14)3)10-23-21-9-22(25-13-24-21)26-8-6-7-19(11-26)12-27/h9,13,19,27H,6-8,10-12H2,1-5H3,(H,23,24,25). The van der Waals surface area contributed by atoms with Crippen LogP contribution in [0.2, 0.25) is 0 Å². The Morgan fingerprint density at radius 1 is 1.04 bits per heavy atom. The summed E-state index contributed by atoms with van der Waals surface area (Å²) in [5.74, 6) is 2.13. The third kappa shape index (κ3) is 4.08. The first-order chi connectivity index (χ1) is 12.9. The fourth-order valence-electron chi connectivity index (χ4n) is 4.06. The molecule has 5 nitrogen and oxygen atoms in total. The molecular weight excluding hydrogens is 336 g/mol. The van der Waals surface area contributed by atoms with Crippen LogP contribution in [0.4, 0.5) is 11.6 Å². The van der Waals surface area contributed by atoms with Crippen LogP contribution >= 0.6 is 0 Å². The summed E-state index contributed by atoms with van der Waals surface area (Å²) in [5.41, 5.74) is 8.22. The molecule has 0 saturated carbocycles. The highest BCUT2D eigenvalue weighted by Crippen LogP contribution is 2.27. The predicted octanol–water partition coefficient (Wildman–Crippen LogP) is 3.84. The summed E-state index contributed by atoms with van der Waals surface area (Å²) in [6, 6.07) is 2.03. The Morgan fingerprint density at radius 2 is 1.70 bits per heavy atom. The van der Waals surface area contributed by atoms with E-state index in [9.17, 15) is 5.11 Å². The lowest BCUT2D eigenvalue weighted by Gasteiger charge is -2.32. The van der Waals surface area contributed by atoms with Gasteiger partial charge in [-0.15, -0.1) is 0 Å². The summed E-state index contributed by atoms with van der Waals surface area (Å²) in [6.45, 7) is 13.9. The van der Waals surface area contributed by atoms with Gasteiger partial charge >= 0.3 is 0 Å². The third-order valence-corrected chi connectivity index (χ3v) is 6.36. The quantitative estimate of drug-likeness (QED) is 0.840. The highest BCUT2D eigenvalue weighted by molar-refractivity contribution is 5.53. The Hall–Kier alpha value is -2.14. The summed E-state index contributed by atoms with van der Waals surface area (Å²) in [4.78, 5) is 11.1. The molecule has 27 heavy (non-hydrogen) atoms. The number of aromatic nitrogens is 2. The molecule has 1 atom stereocenters. The van der Waals surface area contributed by atoms with E-state index in [1.54, 1.807) is 6.33 Å². The Morgan fingerprint density at radius 3 is 2.37 bits per heavy atom. The lowest BCUT2D eigenvalue weighted by molar-refractivity contribution is 0.208. The molecule has 0 bridgehead atoms. The molecule has 1 aliphatic rings. The molecule has 1 aromatic carbocycles.